The number of carbonyl (C=O) groups excluding carboxylic acids is 1. The van der Waals surface area contributed by atoms with E-state index in [2.05, 4.69) is 0 Å². The molecule has 104 valence electrons. The van der Waals surface area contributed by atoms with Crippen LogP contribution in [-0.4, -0.2) is 36.3 Å². The standard InChI is InChI=1S/C13H15ClFNO3/c1-9(14)19-13(17)16-6-7-18-12(8-16)10-2-4-11(15)5-3-10/h2-5,9,12H,6-8H2,1H3/t9?,12-/m1/s1. The molecule has 19 heavy (non-hydrogen) atoms. The van der Waals surface area contributed by atoms with Gasteiger partial charge in [0.15, 0.2) is 5.56 Å². The number of rotatable bonds is 2. The molecule has 1 saturated heterocycles. The monoisotopic (exact) mass is 287 g/mol. The van der Waals surface area contributed by atoms with Crippen molar-refractivity contribution in [2.45, 2.75) is 18.6 Å². The van der Waals surface area contributed by atoms with E-state index in [4.69, 9.17) is 21.1 Å². The Hall–Kier alpha value is -1.33. The molecule has 6 heteroatoms. The summed E-state index contributed by atoms with van der Waals surface area (Å²) in [7, 11) is 0. The second-order valence-electron chi connectivity index (χ2n) is 4.28. The first-order valence-corrected chi connectivity index (χ1v) is 6.46. The minimum absolute atomic E-state index is 0.271. The third-order valence-electron chi connectivity index (χ3n) is 2.83. The van der Waals surface area contributed by atoms with Crippen molar-refractivity contribution in [3.8, 4) is 0 Å². The Bertz CT molecular complexity index is 438. The number of morpholine rings is 1. The Morgan fingerprint density at radius 2 is 2.21 bits per heavy atom. The lowest BCUT2D eigenvalue weighted by Crippen LogP contribution is -2.43. The van der Waals surface area contributed by atoms with Crippen molar-refractivity contribution in [2.24, 2.45) is 0 Å². The van der Waals surface area contributed by atoms with Crippen molar-refractivity contribution < 1.29 is 18.7 Å². The van der Waals surface area contributed by atoms with Crippen molar-refractivity contribution >= 4 is 17.7 Å². The van der Waals surface area contributed by atoms with Gasteiger partial charge >= 0.3 is 6.09 Å². The third-order valence-corrected chi connectivity index (χ3v) is 2.92. The Morgan fingerprint density at radius 1 is 1.53 bits per heavy atom. The molecular weight excluding hydrogens is 273 g/mol. The molecule has 1 amide bonds. The van der Waals surface area contributed by atoms with Gasteiger partial charge in [0.25, 0.3) is 0 Å². The van der Waals surface area contributed by atoms with Gasteiger partial charge in [-0.2, -0.15) is 0 Å². The van der Waals surface area contributed by atoms with Crippen LogP contribution < -0.4 is 0 Å². The average molecular weight is 288 g/mol. The van der Waals surface area contributed by atoms with Gasteiger partial charge < -0.3 is 14.4 Å². The third kappa shape index (κ3) is 3.81. The summed E-state index contributed by atoms with van der Waals surface area (Å²) < 4.78 is 23.4. The first-order valence-electron chi connectivity index (χ1n) is 6.03. The van der Waals surface area contributed by atoms with Crippen LogP contribution in [0.5, 0.6) is 0 Å². The highest BCUT2D eigenvalue weighted by atomic mass is 35.5. The smallest absolute Gasteiger partial charge is 0.411 e. The van der Waals surface area contributed by atoms with Gasteiger partial charge in [-0.05, 0) is 24.6 Å². The van der Waals surface area contributed by atoms with Gasteiger partial charge in [0.05, 0.1) is 13.2 Å². The van der Waals surface area contributed by atoms with Gasteiger partial charge in [0.1, 0.15) is 11.9 Å². The molecule has 1 unspecified atom stereocenters. The molecule has 0 bridgehead atoms. The molecule has 0 spiro atoms. The maximum absolute atomic E-state index is 12.9. The normalized spacial score (nSPS) is 21.0. The highest BCUT2D eigenvalue weighted by Crippen LogP contribution is 2.23. The van der Waals surface area contributed by atoms with Crippen LogP contribution in [0.25, 0.3) is 0 Å². The Kier molecular flexibility index (Phi) is 4.61. The average Bonchev–Trinajstić information content (AvgIpc) is 2.39. The second kappa shape index (κ2) is 6.21. The van der Waals surface area contributed by atoms with E-state index in [-0.39, 0.29) is 11.9 Å². The Balaban J connectivity index is 2.00. The van der Waals surface area contributed by atoms with Gasteiger partial charge in [-0.1, -0.05) is 23.7 Å². The van der Waals surface area contributed by atoms with E-state index in [0.717, 1.165) is 5.56 Å². The van der Waals surface area contributed by atoms with Crippen LogP contribution >= 0.6 is 11.6 Å². The predicted octanol–water partition coefficient (Wildman–Crippen LogP) is 2.92. The van der Waals surface area contributed by atoms with E-state index in [9.17, 15) is 9.18 Å². The van der Waals surface area contributed by atoms with Gasteiger partial charge in [0.2, 0.25) is 0 Å². The fraction of sp³-hybridized carbons (Fsp3) is 0.462. The molecule has 1 aliphatic heterocycles. The molecule has 2 rings (SSSR count). The SMILES string of the molecule is CC(Cl)OC(=O)N1CCO[C@@H](c2ccc(F)cc2)C1. The fourth-order valence-electron chi connectivity index (χ4n) is 1.91. The highest BCUT2D eigenvalue weighted by Gasteiger charge is 2.26. The highest BCUT2D eigenvalue weighted by molar-refractivity contribution is 6.19. The summed E-state index contributed by atoms with van der Waals surface area (Å²) in [5.74, 6) is -0.299. The van der Waals surface area contributed by atoms with Crippen LogP contribution in [-0.2, 0) is 9.47 Å². The Morgan fingerprint density at radius 3 is 2.84 bits per heavy atom. The summed E-state index contributed by atoms with van der Waals surface area (Å²) in [6.07, 6.45) is -0.731. The molecule has 0 aliphatic carbocycles. The van der Waals surface area contributed by atoms with Crippen LogP contribution in [0.15, 0.2) is 24.3 Å². The zero-order valence-corrected chi connectivity index (χ0v) is 11.3. The number of amides is 1. The molecule has 0 aromatic heterocycles. The van der Waals surface area contributed by atoms with E-state index in [1.807, 2.05) is 0 Å². The second-order valence-corrected chi connectivity index (χ2v) is 4.90. The van der Waals surface area contributed by atoms with Crippen LogP contribution in [0, 0.1) is 5.82 Å². The summed E-state index contributed by atoms with van der Waals surface area (Å²) in [5, 5.41) is 0. The van der Waals surface area contributed by atoms with E-state index in [0.29, 0.717) is 19.7 Å². The first-order chi connectivity index (χ1) is 9.06. The molecule has 1 aliphatic rings. The van der Waals surface area contributed by atoms with Crippen molar-refractivity contribution in [1.29, 1.82) is 0 Å². The van der Waals surface area contributed by atoms with Crippen molar-refractivity contribution in [3.05, 3.63) is 35.6 Å². The number of carbonyl (C=O) groups is 1. The van der Waals surface area contributed by atoms with Crippen LogP contribution in [0.4, 0.5) is 9.18 Å². The molecule has 2 atom stereocenters. The van der Waals surface area contributed by atoms with E-state index >= 15 is 0 Å². The summed E-state index contributed by atoms with van der Waals surface area (Å²) in [6, 6.07) is 6.05. The quantitative estimate of drug-likeness (QED) is 0.785. The number of halogens is 2. The lowest BCUT2D eigenvalue weighted by atomic mass is 10.1. The minimum Gasteiger partial charge on any atom is -0.430 e. The zero-order chi connectivity index (χ0) is 13.8. The van der Waals surface area contributed by atoms with Crippen molar-refractivity contribution in [2.75, 3.05) is 19.7 Å². The molecule has 1 heterocycles. The topological polar surface area (TPSA) is 38.8 Å². The van der Waals surface area contributed by atoms with E-state index in [1.165, 1.54) is 17.0 Å². The molecular formula is C13H15ClFNO3. The largest absolute Gasteiger partial charge is 0.430 e. The number of nitrogens with zero attached hydrogens (tertiary/aromatic N) is 1. The van der Waals surface area contributed by atoms with Crippen LogP contribution in [0.2, 0.25) is 0 Å². The zero-order valence-electron chi connectivity index (χ0n) is 10.5. The van der Waals surface area contributed by atoms with Crippen LogP contribution in [0.1, 0.15) is 18.6 Å². The minimum atomic E-state index is -0.667. The number of hydrogen-bond donors (Lipinski definition) is 0. The van der Waals surface area contributed by atoms with Crippen molar-refractivity contribution in [3.63, 3.8) is 0 Å². The maximum Gasteiger partial charge on any atom is 0.411 e. The van der Waals surface area contributed by atoms with Crippen molar-refractivity contribution in [1.82, 2.24) is 4.90 Å². The lowest BCUT2D eigenvalue weighted by molar-refractivity contribution is -0.0296. The van der Waals surface area contributed by atoms with E-state index in [1.54, 1.807) is 19.1 Å². The molecule has 4 nitrogen and oxygen atoms in total. The molecule has 0 N–H and O–H groups in total. The summed E-state index contributed by atoms with van der Waals surface area (Å²) in [4.78, 5) is 13.3. The fourth-order valence-corrected chi connectivity index (χ4v) is 1.98. The number of benzene rings is 1. The summed E-state index contributed by atoms with van der Waals surface area (Å²) in [6.45, 7) is 2.82. The maximum atomic E-state index is 12.9. The van der Waals surface area contributed by atoms with E-state index < -0.39 is 11.7 Å². The number of alkyl halides is 1. The number of hydrogen-bond acceptors (Lipinski definition) is 3. The van der Waals surface area contributed by atoms with Crippen LogP contribution in [0.3, 0.4) is 0 Å². The summed E-state index contributed by atoms with van der Waals surface area (Å²) >= 11 is 5.62. The molecule has 0 radical (unpaired) electrons. The molecule has 0 saturated carbocycles. The molecule has 1 aromatic carbocycles. The van der Waals surface area contributed by atoms with Gasteiger partial charge in [-0.3, -0.25) is 0 Å². The number of ether oxygens (including phenoxy) is 2. The lowest BCUT2D eigenvalue weighted by Gasteiger charge is -2.32. The molecule has 1 fully saturated rings. The molecule has 1 aromatic rings. The first kappa shape index (κ1) is 14.1. The predicted molar refractivity (Wildman–Crippen MR) is 68.5 cm³/mol. The van der Waals surface area contributed by atoms with Gasteiger partial charge in [-0.25, -0.2) is 9.18 Å². The summed E-state index contributed by atoms with van der Waals surface area (Å²) in [5.41, 5.74) is 0.164. The Labute approximate surface area is 116 Å². The van der Waals surface area contributed by atoms with Gasteiger partial charge in [0, 0.05) is 6.54 Å². The van der Waals surface area contributed by atoms with Gasteiger partial charge in [-0.15, -0.1) is 0 Å².